The standard InChI is InChI=1S/C11H11ClN4O/c1-16-6-5-9(15-16)14-11(17)7-3-2-4-8(12)10(7)13/h2-6H,13H2,1H3,(H,14,15,17). The van der Waals surface area contributed by atoms with E-state index in [-0.39, 0.29) is 11.6 Å². The number of rotatable bonds is 2. The molecular weight excluding hydrogens is 240 g/mol. The van der Waals surface area contributed by atoms with Gasteiger partial charge < -0.3 is 11.1 Å². The highest BCUT2D eigenvalue weighted by Crippen LogP contribution is 2.22. The Balaban J connectivity index is 2.23. The van der Waals surface area contributed by atoms with Gasteiger partial charge in [0.1, 0.15) is 0 Å². The molecule has 0 aliphatic carbocycles. The number of nitrogens with one attached hydrogen (secondary N) is 1. The van der Waals surface area contributed by atoms with E-state index in [1.165, 1.54) is 0 Å². The van der Waals surface area contributed by atoms with Gasteiger partial charge in [-0.25, -0.2) is 0 Å². The van der Waals surface area contributed by atoms with E-state index < -0.39 is 0 Å². The minimum atomic E-state index is -0.330. The van der Waals surface area contributed by atoms with E-state index in [2.05, 4.69) is 10.4 Å². The van der Waals surface area contributed by atoms with Crippen LogP contribution in [0.4, 0.5) is 11.5 Å². The van der Waals surface area contributed by atoms with Crippen LogP contribution in [0.15, 0.2) is 30.5 Å². The normalized spacial score (nSPS) is 10.2. The summed E-state index contributed by atoms with van der Waals surface area (Å²) in [7, 11) is 1.77. The van der Waals surface area contributed by atoms with E-state index in [0.717, 1.165) is 0 Å². The molecule has 1 amide bonds. The van der Waals surface area contributed by atoms with Gasteiger partial charge in [0.25, 0.3) is 5.91 Å². The number of nitrogen functional groups attached to an aromatic ring is 1. The number of hydrogen-bond acceptors (Lipinski definition) is 3. The lowest BCUT2D eigenvalue weighted by molar-refractivity contribution is 0.102. The second-order valence-electron chi connectivity index (χ2n) is 3.53. The summed E-state index contributed by atoms with van der Waals surface area (Å²) in [6.45, 7) is 0. The number of aromatic nitrogens is 2. The maximum atomic E-state index is 11.9. The molecule has 6 heteroatoms. The van der Waals surface area contributed by atoms with Crippen molar-refractivity contribution < 1.29 is 4.79 Å². The molecule has 1 aromatic carbocycles. The molecular formula is C11H11ClN4O. The van der Waals surface area contributed by atoms with Gasteiger partial charge >= 0.3 is 0 Å². The van der Waals surface area contributed by atoms with Crippen molar-refractivity contribution in [1.29, 1.82) is 0 Å². The van der Waals surface area contributed by atoms with E-state index in [4.69, 9.17) is 17.3 Å². The fourth-order valence-corrected chi connectivity index (χ4v) is 1.57. The molecule has 0 saturated carbocycles. The van der Waals surface area contributed by atoms with Crippen molar-refractivity contribution in [2.24, 2.45) is 7.05 Å². The summed E-state index contributed by atoms with van der Waals surface area (Å²) in [5.41, 5.74) is 6.33. The monoisotopic (exact) mass is 250 g/mol. The largest absolute Gasteiger partial charge is 0.397 e. The van der Waals surface area contributed by atoms with Crippen LogP contribution in [0.5, 0.6) is 0 Å². The molecule has 0 atom stereocenters. The molecule has 0 spiro atoms. The van der Waals surface area contributed by atoms with Crippen LogP contribution in [0.2, 0.25) is 5.02 Å². The smallest absolute Gasteiger partial charge is 0.259 e. The number of nitrogens with zero attached hydrogens (tertiary/aromatic N) is 2. The van der Waals surface area contributed by atoms with Crippen LogP contribution in [0.25, 0.3) is 0 Å². The molecule has 0 fully saturated rings. The summed E-state index contributed by atoms with van der Waals surface area (Å²) < 4.78 is 1.59. The van der Waals surface area contributed by atoms with E-state index in [0.29, 0.717) is 16.4 Å². The van der Waals surface area contributed by atoms with Crippen LogP contribution in [-0.4, -0.2) is 15.7 Å². The van der Waals surface area contributed by atoms with Gasteiger partial charge in [-0.05, 0) is 12.1 Å². The summed E-state index contributed by atoms with van der Waals surface area (Å²) in [5, 5.41) is 7.04. The van der Waals surface area contributed by atoms with Gasteiger partial charge in [0.05, 0.1) is 16.3 Å². The number of carbonyl (C=O) groups is 1. The summed E-state index contributed by atoms with van der Waals surface area (Å²) in [6.07, 6.45) is 1.73. The first-order chi connectivity index (χ1) is 8.08. The van der Waals surface area contributed by atoms with Gasteiger partial charge in [-0.3, -0.25) is 9.48 Å². The number of carbonyl (C=O) groups excluding carboxylic acids is 1. The van der Waals surface area contributed by atoms with Crippen molar-refractivity contribution in [3.8, 4) is 0 Å². The van der Waals surface area contributed by atoms with Crippen LogP contribution >= 0.6 is 11.6 Å². The molecule has 1 heterocycles. The molecule has 0 aliphatic rings. The average molecular weight is 251 g/mol. The maximum Gasteiger partial charge on any atom is 0.259 e. The zero-order valence-electron chi connectivity index (χ0n) is 9.14. The number of benzene rings is 1. The van der Waals surface area contributed by atoms with Gasteiger partial charge in [-0.15, -0.1) is 0 Å². The molecule has 3 N–H and O–H groups in total. The number of halogens is 1. The van der Waals surface area contributed by atoms with Crippen molar-refractivity contribution in [1.82, 2.24) is 9.78 Å². The molecule has 0 radical (unpaired) electrons. The van der Waals surface area contributed by atoms with Gasteiger partial charge in [-0.2, -0.15) is 5.10 Å². The Morgan fingerprint density at radius 3 is 2.88 bits per heavy atom. The van der Waals surface area contributed by atoms with Crippen LogP contribution in [0.3, 0.4) is 0 Å². The van der Waals surface area contributed by atoms with Gasteiger partial charge in [0.2, 0.25) is 0 Å². The minimum absolute atomic E-state index is 0.266. The van der Waals surface area contributed by atoms with Gasteiger partial charge in [0, 0.05) is 19.3 Å². The number of hydrogen-bond donors (Lipinski definition) is 2. The average Bonchev–Trinajstić information content (AvgIpc) is 2.68. The zero-order chi connectivity index (χ0) is 12.4. The maximum absolute atomic E-state index is 11.9. The number of para-hydroxylation sites is 1. The predicted octanol–water partition coefficient (Wildman–Crippen LogP) is 1.91. The van der Waals surface area contributed by atoms with Crippen molar-refractivity contribution in [3.63, 3.8) is 0 Å². The van der Waals surface area contributed by atoms with Crippen molar-refractivity contribution >= 4 is 29.0 Å². The molecule has 0 unspecified atom stereocenters. The SMILES string of the molecule is Cn1ccc(NC(=O)c2cccc(Cl)c2N)n1. The lowest BCUT2D eigenvalue weighted by atomic mass is 10.1. The van der Waals surface area contributed by atoms with E-state index in [1.807, 2.05) is 0 Å². The molecule has 0 saturated heterocycles. The fraction of sp³-hybridized carbons (Fsp3) is 0.0909. The molecule has 0 aliphatic heterocycles. The van der Waals surface area contributed by atoms with E-state index >= 15 is 0 Å². The highest BCUT2D eigenvalue weighted by molar-refractivity contribution is 6.34. The predicted molar refractivity (Wildman–Crippen MR) is 67.0 cm³/mol. The third kappa shape index (κ3) is 2.39. The lowest BCUT2D eigenvalue weighted by Gasteiger charge is -2.06. The first kappa shape index (κ1) is 11.5. The molecule has 0 bridgehead atoms. The first-order valence-corrected chi connectivity index (χ1v) is 5.30. The first-order valence-electron chi connectivity index (χ1n) is 4.93. The Bertz CT molecular complexity index is 564. The van der Waals surface area contributed by atoms with E-state index in [9.17, 15) is 4.79 Å². The van der Waals surface area contributed by atoms with Gasteiger partial charge in [-0.1, -0.05) is 17.7 Å². The fourth-order valence-electron chi connectivity index (χ4n) is 1.40. The summed E-state index contributed by atoms with van der Waals surface area (Å²) in [6, 6.07) is 6.61. The van der Waals surface area contributed by atoms with E-state index in [1.54, 1.807) is 42.2 Å². The van der Waals surface area contributed by atoms with Crippen LogP contribution in [0.1, 0.15) is 10.4 Å². The molecule has 17 heavy (non-hydrogen) atoms. The van der Waals surface area contributed by atoms with Crippen LogP contribution in [-0.2, 0) is 7.05 Å². The zero-order valence-corrected chi connectivity index (χ0v) is 9.90. The Labute approximate surface area is 103 Å². The Morgan fingerprint density at radius 2 is 2.24 bits per heavy atom. The second-order valence-corrected chi connectivity index (χ2v) is 3.94. The Kier molecular flexibility index (Phi) is 3.01. The molecule has 88 valence electrons. The quantitative estimate of drug-likeness (QED) is 0.800. The lowest BCUT2D eigenvalue weighted by Crippen LogP contribution is -2.14. The summed E-state index contributed by atoms with van der Waals surface area (Å²) >= 11 is 5.84. The highest BCUT2D eigenvalue weighted by Gasteiger charge is 2.12. The highest BCUT2D eigenvalue weighted by atomic mass is 35.5. The Hall–Kier alpha value is -2.01. The molecule has 2 rings (SSSR count). The number of anilines is 2. The topological polar surface area (TPSA) is 72.9 Å². The third-order valence-electron chi connectivity index (χ3n) is 2.25. The van der Waals surface area contributed by atoms with Crippen molar-refractivity contribution in [2.45, 2.75) is 0 Å². The molecule has 5 nitrogen and oxygen atoms in total. The molecule has 2 aromatic rings. The summed E-state index contributed by atoms with van der Waals surface area (Å²) in [4.78, 5) is 11.9. The van der Waals surface area contributed by atoms with Crippen LogP contribution in [0, 0.1) is 0 Å². The summed E-state index contributed by atoms with van der Waals surface area (Å²) in [5.74, 6) is 0.139. The number of aryl methyl sites for hydroxylation is 1. The van der Waals surface area contributed by atoms with Crippen molar-refractivity contribution in [3.05, 3.63) is 41.0 Å². The number of nitrogens with two attached hydrogens (primary N) is 1. The number of amides is 1. The Morgan fingerprint density at radius 1 is 1.47 bits per heavy atom. The third-order valence-corrected chi connectivity index (χ3v) is 2.58. The van der Waals surface area contributed by atoms with Crippen LogP contribution < -0.4 is 11.1 Å². The minimum Gasteiger partial charge on any atom is -0.397 e. The molecule has 1 aromatic heterocycles. The van der Waals surface area contributed by atoms with Gasteiger partial charge in [0.15, 0.2) is 5.82 Å². The van der Waals surface area contributed by atoms with Crippen molar-refractivity contribution in [2.75, 3.05) is 11.1 Å². The second kappa shape index (κ2) is 4.47.